The van der Waals surface area contributed by atoms with Gasteiger partial charge in [0.1, 0.15) is 11.4 Å². The standard InChI is InChI=1S/C12H12N6/c13-17-11(9-5-1-3-7-15-9)12(18-14)10-6-2-4-8-16-10/h1-8H,13-14H2/b17-11+,18-12+. The van der Waals surface area contributed by atoms with Crippen LogP contribution < -0.4 is 11.7 Å². The molecule has 0 aromatic carbocycles. The van der Waals surface area contributed by atoms with Gasteiger partial charge in [-0.05, 0) is 24.3 Å². The summed E-state index contributed by atoms with van der Waals surface area (Å²) in [5, 5.41) is 7.42. The molecule has 4 N–H and O–H groups in total. The van der Waals surface area contributed by atoms with Gasteiger partial charge in [-0.15, -0.1) is 0 Å². The fourth-order valence-corrected chi connectivity index (χ4v) is 1.50. The maximum atomic E-state index is 5.40. The third-order valence-electron chi connectivity index (χ3n) is 2.30. The fraction of sp³-hybridized carbons (Fsp3) is 0. The van der Waals surface area contributed by atoms with Crippen molar-refractivity contribution in [2.24, 2.45) is 21.9 Å². The Morgan fingerprint density at radius 1 is 0.778 bits per heavy atom. The molecule has 0 spiro atoms. The molecule has 0 unspecified atom stereocenters. The van der Waals surface area contributed by atoms with Crippen LogP contribution in [0.3, 0.4) is 0 Å². The molecule has 6 nitrogen and oxygen atoms in total. The van der Waals surface area contributed by atoms with Crippen LogP contribution in [-0.2, 0) is 0 Å². The zero-order valence-electron chi connectivity index (χ0n) is 9.56. The second kappa shape index (κ2) is 5.53. The monoisotopic (exact) mass is 240 g/mol. The molecule has 0 atom stereocenters. The molecule has 0 saturated heterocycles. The van der Waals surface area contributed by atoms with E-state index in [1.807, 2.05) is 12.1 Å². The Morgan fingerprint density at radius 3 is 1.50 bits per heavy atom. The summed E-state index contributed by atoms with van der Waals surface area (Å²) in [5.41, 5.74) is 1.98. The molecule has 0 amide bonds. The summed E-state index contributed by atoms with van der Waals surface area (Å²) in [7, 11) is 0. The van der Waals surface area contributed by atoms with E-state index in [0.29, 0.717) is 22.8 Å². The average Bonchev–Trinajstić information content (AvgIpc) is 2.46. The normalized spacial score (nSPS) is 12.4. The third-order valence-corrected chi connectivity index (χ3v) is 2.30. The molecule has 0 aliphatic heterocycles. The lowest BCUT2D eigenvalue weighted by atomic mass is 10.1. The highest BCUT2D eigenvalue weighted by atomic mass is 15.2. The zero-order valence-corrected chi connectivity index (χ0v) is 9.56. The molecule has 0 fully saturated rings. The number of aromatic nitrogens is 2. The van der Waals surface area contributed by atoms with Gasteiger partial charge in [0.15, 0.2) is 0 Å². The van der Waals surface area contributed by atoms with Crippen LogP contribution in [0.1, 0.15) is 11.4 Å². The number of hydrogen-bond donors (Lipinski definition) is 2. The molecule has 2 heterocycles. The summed E-state index contributed by atoms with van der Waals surface area (Å²) >= 11 is 0. The van der Waals surface area contributed by atoms with Crippen molar-refractivity contribution in [3.05, 3.63) is 60.2 Å². The smallest absolute Gasteiger partial charge is 0.138 e. The molecule has 6 heteroatoms. The molecule has 0 saturated carbocycles. The molecule has 0 aliphatic carbocycles. The fourth-order valence-electron chi connectivity index (χ4n) is 1.50. The minimum atomic E-state index is 0.400. The molecule has 2 aromatic heterocycles. The number of nitrogens with two attached hydrogens (primary N) is 2. The van der Waals surface area contributed by atoms with Gasteiger partial charge in [0.25, 0.3) is 0 Å². The summed E-state index contributed by atoms with van der Waals surface area (Å²) in [6, 6.07) is 10.8. The van der Waals surface area contributed by atoms with E-state index < -0.39 is 0 Å². The van der Waals surface area contributed by atoms with Gasteiger partial charge in [0.2, 0.25) is 0 Å². The van der Waals surface area contributed by atoms with Crippen molar-refractivity contribution in [2.75, 3.05) is 0 Å². The Balaban J connectivity index is 2.45. The summed E-state index contributed by atoms with van der Waals surface area (Å²) in [6.45, 7) is 0. The van der Waals surface area contributed by atoms with Crippen LogP contribution in [0, 0.1) is 0 Å². The van der Waals surface area contributed by atoms with Gasteiger partial charge >= 0.3 is 0 Å². The lowest BCUT2D eigenvalue weighted by Crippen LogP contribution is -2.22. The maximum Gasteiger partial charge on any atom is 0.138 e. The van der Waals surface area contributed by atoms with E-state index in [2.05, 4.69) is 20.2 Å². The quantitative estimate of drug-likeness (QED) is 0.463. The van der Waals surface area contributed by atoms with Gasteiger partial charge in [-0.3, -0.25) is 9.97 Å². The second-order valence-corrected chi connectivity index (χ2v) is 3.39. The van der Waals surface area contributed by atoms with Crippen molar-refractivity contribution < 1.29 is 0 Å². The predicted molar refractivity (Wildman–Crippen MR) is 69.9 cm³/mol. The van der Waals surface area contributed by atoms with Crippen LogP contribution in [-0.4, -0.2) is 21.4 Å². The molecule has 2 aromatic rings. The topological polar surface area (TPSA) is 103 Å². The van der Waals surface area contributed by atoms with Crippen molar-refractivity contribution in [1.82, 2.24) is 9.97 Å². The van der Waals surface area contributed by atoms with E-state index in [1.165, 1.54) is 0 Å². The van der Waals surface area contributed by atoms with Crippen molar-refractivity contribution in [1.29, 1.82) is 0 Å². The van der Waals surface area contributed by atoms with E-state index in [4.69, 9.17) is 11.7 Å². The van der Waals surface area contributed by atoms with Gasteiger partial charge < -0.3 is 11.7 Å². The number of hydrazone groups is 2. The van der Waals surface area contributed by atoms with Crippen LogP contribution in [0.2, 0.25) is 0 Å². The van der Waals surface area contributed by atoms with Gasteiger partial charge in [0, 0.05) is 12.4 Å². The van der Waals surface area contributed by atoms with Gasteiger partial charge in [-0.25, -0.2) is 0 Å². The first-order chi connectivity index (χ1) is 8.86. The van der Waals surface area contributed by atoms with E-state index in [-0.39, 0.29) is 0 Å². The summed E-state index contributed by atoms with van der Waals surface area (Å²) in [5.74, 6) is 10.8. The highest BCUT2D eigenvalue weighted by molar-refractivity contribution is 6.52. The molecule has 90 valence electrons. The summed E-state index contributed by atoms with van der Waals surface area (Å²) in [6.07, 6.45) is 3.29. The number of hydrogen-bond acceptors (Lipinski definition) is 6. The Labute approximate surface area is 104 Å². The van der Waals surface area contributed by atoms with E-state index in [9.17, 15) is 0 Å². The second-order valence-electron chi connectivity index (χ2n) is 3.39. The van der Waals surface area contributed by atoms with Crippen molar-refractivity contribution in [2.45, 2.75) is 0 Å². The molecule has 18 heavy (non-hydrogen) atoms. The van der Waals surface area contributed by atoms with E-state index >= 15 is 0 Å². The van der Waals surface area contributed by atoms with Crippen LogP contribution in [0.25, 0.3) is 0 Å². The molecule has 2 rings (SSSR count). The molecular weight excluding hydrogens is 228 g/mol. The van der Waals surface area contributed by atoms with Crippen LogP contribution in [0.4, 0.5) is 0 Å². The minimum Gasteiger partial charge on any atom is -0.323 e. The Morgan fingerprint density at radius 2 is 1.22 bits per heavy atom. The highest BCUT2D eigenvalue weighted by Crippen LogP contribution is 2.04. The number of pyridine rings is 2. The van der Waals surface area contributed by atoms with Crippen molar-refractivity contribution >= 4 is 11.4 Å². The Hall–Kier alpha value is -2.76. The SMILES string of the molecule is N/N=C(/C(=N/N)c1ccccn1)c1ccccn1. The minimum absolute atomic E-state index is 0.400. The summed E-state index contributed by atoms with van der Waals surface area (Å²) < 4.78 is 0. The van der Waals surface area contributed by atoms with Crippen molar-refractivity contribution in [3.8, 4) is 0 Å². The zero-order chi connectivity index (χ0) is 12.8. The van der Waals surface area contributed by atoms with Gasteiger partial charge in [-0.1, -0.05) is 12.1 Å². The molecular formula is C12H12N6. The van der Waals surface area contributed by atoms with Gasteiger partial charge in [-0.2, -0.15) is 10.2 Å². The van der Waals surface area contributed by atoms with Gasteiger partial charge in [0.05, 0.1) is 11.4 Å². The van der Waals surface area contributed by atoms with Crippen LogP contribution >= 0.6 is 0 Å². The largest absolute Gasteiger partial charge is 0.323 e. The highest BCUT2D eigenvalue weighted by Gasteiger charge is 2.16. The lowest BCUT2D eigenvalue weighted by molar-refractivity contribution is 1.19. The predicted octanol–water partition coefficient (Wildman–Crippen LogP) is 0.502. The van der Waals surface area contributed by atoms with Crippen molar-refractivity contribution in [3.63, 3.8) is 0 Å². The van der Waals surface area contributed by atoms with E-state index in [0.717, 1.165) is 0 Å². The first kappa shape index (κ1) is 11.7. The third kappa shape index (κ3) is 2.32. The Bertz CT molecular complexity index is 508. The maximum absolute atomic E-state index is 5.40. The average molecular weight is 240 g/mol. The lowest BCUT2D eigenvalue weighted by Gasteiger charge is -2.06. The summed E-state index contributed by atoms with van der Waals surface area (Å²) in [4.78, 5) is 8.34. The molecule has 0 radical (unpaired) electrons. The Kier molecular flexibility index (Phi) is 3.60. The molecule has 0 aliphatic rings. The molecule has 0 bridgehead atoms. The van der Waals surface area contributed by atoms with Crippen LogP contribution in [0.15, 0.2) is 59.0 Å². The first-order valence-corrected chi connectivity index (χ1v) is 5.25. The first-order valence-electron chi connectivity index (χ1n) is 5.25. The van der Waals surface area contributed by atoms with Crippen LogP contribution in [0.5, 0.6) is 0 Å². The van der Waals surface area contributed by atoms with E-state index in [1.54, 1.807) is 36.7 Å². The number of nitrogens with zero attached hydrogens (tertiary/aromatic N) is 4. The number of rotatable bonds is 3.